The van der Waals surface area contributed by atoms with E-state index in [4.69, 9.17) is 14.4 Å². The molecule has 0 spiro atoms. The van der Waals surface area contributed by atoms with Crippen molar-refractivity contribution in [1.82, 2.24) is 0 Å². The molecular formula is C20H30O7S. The van der Waals surface area contributed by atoms with Crippen LogP contribution in [-0.2, 0) is 14.9 Å². The number of ether oxygens (including phenoxy) is 1. The molecule has 0 fully saturated rings. The quantitative estimate of drug-likeness (QED) is 0.257. The summed E-state index contributed by atoms with van der Waals surface area (Å²) in [7, 11) is -4.55. The van der Waals surface area contributed by atoms with Crippen molar-refractivity contribution >= 4 is 22.1 Å². The van der Waals surface area contributed by atoms with Gasteiger partial charge in [-0.15, -0.1) is 0 Å². The highest BCUT2D eigenvalue weighted by Gasteiger charge is 2.21. The minimum Gasteiger partial charge on any atom is -0.478 e. The summed E-state index contributed by atoms with van der Waals surface area (Å²) < 4.78 is 36.6. The van der Waals surface area contributed by atoms with Crippen LogP contribution in [0.3, 0.4) is 0 Å². The van der Waals surface area contributed by atoms with Crippen LogP contribution in [0.15, 0.2) is 23.1 Å². The second-order valence-corrected chi connectivity index (χ2v) is 8.23. The van der Waals surface area contributed by atoms with Crippen molar-refractivity contribution < 1.29 is 32.4 Å². The third kappa shape index (κ3) is 8.84. The highest BCUT2D eigenvalue weighted by atomic mass is 32.2. The monoisotopic (exact) mass is 414 g/mol. The van der Waals surface area contributed by atoms with Gasteiger partial charge in [0.1, 0.15) is 0 Å². The highest BCUT2D eigenvalue weighted by Crippen LogP contribution is 2.18. The Morgan fingerprint density at radius 2 is 1.43 bits per heavy atom. The first kappa shape index (κ1) is 24.1. The van der Waals surface area contributed by atoms with E-state index in [0.717, 1.165) is 37.5 Å². The van der Waals surface area contributed by atoms with E-state index < -0.39 is 32.5 Å². The SMILES string of the molecule is CCCCCCCCCCCCOC(=O)c1cc(S(=O)(=O)O)ccc1C(=O)O. The van der Waals surface area contributed by atoms with Gasteiger partial charge in [-0.3, -0.25) is 4.55 Å². The summed E-state index contributed by atoms with van der Waals surface area (Å²) in [5.41, 5.74) is -0.768. The Morgan fingerprint density at radius 1 is 0.893 bits per heavy atom. The summed E-state index contributed by atoms with van der Waals surface area (Å²) in [6.45, 7) is 2.32. The van der Waals surface area contributed by atoms with Crippen molar-refractivity contribution in [3.8, 4) is 0 Å². The van der Waals surface area contributed by atoms with Crippen molar-refractivity contribution in [1.29, 1.82) is 0 Å². The molecule has 0 atom stereocenters. The number of carbonyl (C=O) groups excluding carboxylic acids is 1. The molecule has 8 heteroatoms. The van der Waals surface area contributed by atoms with E-state index >= 15 is 0 Å². The summed E-state index contributed by atoms with van der Waals surface area (Å²) in [6, 6.07) is 2.71. The second-order valence-electron chi connectivity index (χ2n) is 6.81. The van der Waals surface area contributed by atoms with Crippen LogP contribution in [0.4, 0.5) is 0 Å². The average molecular weight is 415 g/mol. The van der Waals surface area contributed by atoms with E-state index in [0.29, 0.717) is 6.42 Å². The second kappa shape index (κ2) is 12.5. The van der Waals surface area contributed by atoms with Crippen LogP contribution in [0.5, 0.6) is 0 Å². The van der Waals surface area contributed by atoms with Crippen LogP contribution in [-0.4, -0.2) is 36.6 Å². The summed E-state index contributed by atoms with van der Waals surface area (Å²) in [4.78, 5) is 22.8. The zero-order chi connectivity index (χ0) is 21.0. The minimum absolute atomic E-state index is 0.129. The summed E-state index contributed by atoms with van der Waals surface area (Å²) in [5, 5.41) is 9.15. The Hall–Kier alpha value is -1.93. The van der Waals surface area contributed by atoms with E-state index in [-0.39, 0.29) is 12.2 Å². The van der Waals surface area contributed by atoms with Gasteiger partial charge in [0.2, 0.25) is 0 Å². The predicted molar refractivity (Wildman–Crippen MR) is 105 cm³/mol. The molecule has 0 unspecified atom stereocenters. The van der Waals surface area contributed by atoms with Crippen molar-refractivity contribution in [2.24, 2.45) is 0 Å². The van der Waals surface area contributed by atoms with Gasteiger partial charge >= 0.3 is 11.9 Å². The third-order valence-electron chi connectivity index (χ3n) is 4.47. The Labute approximate surface area is 166 Å². The molecule has 0 aliphatic carbocycles. The number of hydrogen-bond donors (Lipinski definition) is 2. The van der Waals surface area contributed by atoms with Gasteiger partial charge in [0.25, 0.3) is 10.1 Å². The number of carboxylic acid groups (broad SMARTS) is 1. The molecule has 0 radical (unpaired) electrons. The molecule has 0 aliphatic rings. The van der Waals surface area contributed by atoms with E-state index in [1.54, 1.807) is 0 Å². The van der Waals surface area contributed by atoms with Gasteiger partial charge in [-0.25, -0.2) is 9.59 Å². The molecule has 7 nitrogen and oxygen atoms in total. The van der Waals surface area contributed by atoms with Crippen LogP contribution in [0, 0.1) is 0 Å². The molecule has 0 saturated carbocycles. The smallest absolute Gasteiger partial charge is 0.339 e. The summed E-state index contributed by atoms with van der Waals surface area (Å²) in [5.74, 6) is -2.30. The Bertz CT molecular complexity index is 741. The van der Waals surface area contributed by atoms with Gasteiger partial charge < -0.3 is 9.84 Å². The number of benzene rings is 1. The lowest BCUT2D eigenvalue weighted by atomic mass is 10.1. The number of aromatic carboxylic acids is 1. The largest absolute Gasteiger partial charge is 0.478 e. The molecule has 1 aromatic carbocycles. The normalized spacial score (nSPS) is 11.4. The lowest BCUT2D eigenvalue weighted by Gasteiger charge is -2.09. The molecule has 0 saturated heterocycles. The fraction of sp³-hybridized carbons (Fsp3) is 0.600. The first-order chi connectivity index (χ1) is 13.3. The van der Waals surface area contributed by atoms with Gasteiger partial charge in [-0.1, -0.05) is 64.7 Å². The van der Waals surface area contributed by atoms with Crippen molar-refractivity contribution in [2.75, 3.05) is 6.61 Å². The third-order valence-corrected chi connectivity index (χ3v) is 5.32. The number of rotatable bonds is 14. The van der Waals surface area contributed by atoms with E-state index in [1.807, 2.05) is 0 Å². The number of unbranched alkanes of at least 4 members (excludes halogenated alkanes) is 9. The van der Waals surface area contributed by atoms with Gasteiger partial charge in [0, 0.05) is 0 Å². The molecule has 1 rings (SSSR count). The standard InChI is InChI=1S/C20H30O7S/c1-2-3-4-5-6-7-8-9-10-11-14-27-20(23)18-15-16(28(24,25)26)12-13-17(18)19(21)22/h12-13,15H,2-11,14H2,1H3,(H,21,22)(H,24,25,26). The zero-order valence-corrected chi connectivity index (χ0v) is 17.2. The number of carbonyl (C=O) groups is 2. The molecule has 0 amide bonds. The first-order valence-corrected chi connectivity index (χ1v) is 11.2. The van der Waals surface area contributed by atoms with E-state index in [1.165, 1.54) is 38.5 Å². The molecule has 2 N–H and O–H groups in total. The predicted octanol–water partition coefficient (Wildman–Crippen LogP) is 4.71. The fourth-order valence-corrected chi connectivity index (χ4v) is 3.38. The van der Waals surface area contributed by atoms with Crippen molar-refractivity contribution in [3.05, 3.63) is 29.3 Å². The maximum atomic E-state index is 12.1. The highest BCUT2D eigenvalue weighted by molar-refractivity contribution is 7.85. The van der Waals surface area contributed by atoms with Crippen molar-refractivity contribution in [3.63, 3.8) is 0 Å². The van der Waals surface area contributed by atoms with Crippen LogP contribution in [0.25, 0.3) is 0 Å². The molecular weight excluding hydrogens is 384 g/mol. The van der Waals surface area contributed by atoms with Gasteiger partial charge in [0.05, 0.1) is 22.6 Å². The van der Waals surface area contributed by atoms with Gasteiger partial charge in [-0.05, 0) is 24.6 Å². The zero-order valence-electron chi connectivity index (χ0n) is 16.4. The fourth-order valence-electron chi connectivity index (χ4n) is 2.87. The Kier molecular flexibility index (Phi) is 10.8. The molecule has 0 aliphatic heterocycles. The lowest BCUT2D eigenvalue weighted by molar-refractivity contribution is 0.0487. The molecule has 0 heterocycles. The Morgan fingerprint density at radius 3 is 1.93 bits per heavy atom. The number of esters is 1. The summed E-state index contributed by atoms with van der Waals surface area (Å²) >= 11 is 0. The van der Waals surface area contributed by atoms with E-state index in [2.05, 4.69) is 6.92 Å². The number of carboxylic acids is 1. The van der Waals surface area contributed by atoms with Gasteiger partial charge in [0.15, 0.2) is 0 Å². The van der Waals surface area contributed by atoms with Crippen LogP contribution < -0.4 is 0 Å². The first-order valence-electron chi connectivity index (χ1n) is 9.79. The molecule has 0 bridgehead atoms. The average Bonchev–Trinajstić information content (AvgIpc) is 2.64. The van der Waals surface area contributed by atoms with Crippen LogP contribution in [0.1, 0.15) is 91.8 Å². The van der Waals surface area contributed by atoms with Crippen LogP contribution >= 0.6 is 0 Å². The molecule has 158 valence electrons. The molecule has 1 aromatic rings. The topological polar surface area (TPSA) is 118 Å². The number of hydrogen-bond acceptors (Lipinski definition) is 5. The lowest BCUT2D eigenvalue weighted by Crippen LogP contribution is -2.14. The van der Waals surface area contributed by atoms with Crippen LogP contribution in [0.2, 0.25) is 0 Å². The maximum Gasteiger partial charge on any atom is 0.339 e. The summed E-state index contributed by atoms with van der Waals surface area (Å²) in [6.07, 6.45) is 11.3. The van der Waals surface area contributed by atoms with Gasteiger partial charge in [-0.2, -0.15) is 8.42 Å². The van der Waals surface area contributed by atoms with Crippen molar-refractivity contribution in [2.45, 2.75) is 76.0 Å². The molecule has 28 heavy (non-hydrogen) atoms. The Balaban J connectivity index is 2.40. The van der Waals surface area contributed by atoms with E-state index in [9.17, 15) is 18.0 Å². The minimum atomic E-state index is -4.55. The maximum absolute atomic E-state index is 12.1. The molecule has 0 aromatic heterocycles.